The minimum absolute atomic E-state index is 0.148. The van der Waals surface area contributed by atoms with Crippen LogP contribution in [0.4, 0.5) is 5.69 Å². The summed E-state index contributed by atoms with van der Waals surface area (Å²) >= 11 is 1.37. The Morgan fingerprint density at radius 1 is 1.06 bits per heavy atom. The van der Waals surface area contributed by atoms with Crippen molar-refractivity contribution in [2.75, 3.05) is 18.7 Å². The summed E-state index contributed by atoms with van der Waals surface area (Å²) in [5, 5.41) is 7.78. The van der Waals surface area contributed by atoms with Crippen molar-refractivity contribution in [3.8, 4) is 22.6 Å². The third-order valence-electron chi connectivity index (χ3n) is 6.46. The molecule has 0 spiro atoms. The minimum Gasteiger partial charge on any atom is -0.454 e. The summed E-state index contributed by atoms with van der Waals surface area (Å²) < 4.78 is 10.9. The maximum absolute atomic E-state index is 13.5. The molecule has 8 nitrogen and oxygen atoms in total. The van der Waals surface area contributed by atoms with Crippen molar-refractivity contribution in [3.05, 3.63) is 64.4 Å². The van der Waals surface area contributed by atoms with Gasteiger partial charge in [0.15, 0.2) is 11.5 Å². The number of carbonyl (C=O) groups excluding carboxylic acids is 3. The summed E-state index contributed by atoms with van der Waals surface area (Å²) in [6.45, 7) is 0.582. The van der Waals surface area contributed by atoms with Gasteiger partial charge in [-0.25, -0.2) is 0 Å². The average molecular weight is 476 g/mol. The monoisotopic (exact) mass is 475 g/mol. The molecular formula is C25H21N3O5S. The topological polar surface area (TPSA) is 97.0 Å². The molecule has 3 aliphatic heterocycles. The van der Waals surface area contributed by atoms with Crippen LogP contribution in [0.1, 0.15) is 32.9 Å². The van der Waals surface area contributed by atoms with Gasteiger partial charge >= 0.3 is 0 Å². The van der Waals surface area contributed by atoms with E-state index in [0.717, 1.165) is 11.1 Å². The quantitative estimate of drug-likeness (QED) is 0.605. The van der Waals surface area contributed by atoms with Gasteiger partial charge in [-0.2, -0.15) is 0 Å². The highest BCUT2D eigenvalue weighted by Crippen LogP contribution is 2.37. The lowest BCUT2D eigenvalue weighted by atomic mass is 9.95. The second kappa shape index (κ2) is 8.18. The van der Waals surface area contributed by atoms with Crippen LogP contribution in [0.3, 0.4) is 0 Å². The molecule has 1 aromatic heterocycles. The van der Waals surface area contributed by atoms with Crippen LogP contribution in [-0.4, -0.2) is 48.0 Å². The van der Waals surface area contributed by atoms with Gasteiger partial charge in [0.2, 0.25) is 12.7 Å². The van der Waals surface area contributed by atoms with Crippen LogP contribution in [0.15, 0.2) is 53.9 Å². The molecule has 3 aromatic rings. The van der Waals surface area contributed by atoms with Crippen LogP contribution >= 0.6 is 11.3 Å². The van der Waals surface area contributed by atoms with Crippen LogP contribution in [0.2, 0.25) is 0 Å². The fourth-order valence-corrected chi connectivity index (χ4v) is 5.34. The normalized spacial score (nSPS) is 20.8. The van der Waals surface area contributed by atoms with Gasteiger partial charge in [0.25, 0.3) is 11.8 Å². The molecule has 4 heterocycles. The molecule has 3 aliphatic rings. The zero-order valence-corrected chi connectivity index (χ0v) is 18.9. The highest BCUT2D eigenvalue weighted by molar-refractivity contribution is 7.12. The molecular weight excluding hydrogens is 454 g/mol. The Balaban J connectivity index is 1.25. The standard InChI is InChI=1S/C25H21N3O5S/c29-23-19-12-16(26-24(30)22-2-1-9-34-22)7-8-28(19)25(31)17-10-14(3-5-18(17)27-23)15-4-6-20-21(11-15)33-13-32-20/h1-6,9-11,16,19H,7-8,12-13H2,(H,26,30)(H,27,29)/t16-,19+/m1/s1. The average Bonchev–Trinajstić information content (AvgIpc) is 3.54. The molecule has 0 bridgehead atoms. The van der Waals surface area contributed by atoms with Crippen molar-refractivity contribution in [1.82, 2.24) is 10.2 Å². The first kappa shape index (κ1) is 20.7. The number of hydrogen-bond donors (Lipinski definition) is 2. The van der Waals surface area contributed by atoms with E-state index in [0.29, 0.717) is 47.0 Å². The maximum atomic E-state index is 13.5. The Kier molecular flexibility index (Phi) is 4.99. The number of piperidine rings is 1. The van der Waals surface area contributed by atoms with E-state index in [4.69, 9.17) is 9.47 Å². The number of anilines is 1. The van der Waals surface area contributed by atoms with Gasteiger partial charge < -0.3 is 25.0 Å². The molecule has 34 heavy (non-hydrogen) atoms. The first-order valence-corrected chi connectivity index (χ1v) is 11.9. The zero-order valence-electron chi connectivity index (χ0n) is 18.1. The Morgan fingerprint density at radius 3 is 2.74 bits per heavy atom. The van der Waals surface area contributed by atoms with Gasteiger partial charge in [0.05, 0.1) is 16.1 Å². The van der Waals surface area contributed by atoms with Crippen LogP contribution in [0.5, 0.6) is 11.5 Å². The molecule has 0 radical (unpaired) electrons. The van der Waals surface area contributed by atoms with Gasteiger partial charge in [0, 0.05) is 12.6 Å². The number of fused-ring (bicyclic) bond motifs is 3. The Morgan fingerprint density at radius 2 is 1.88 bits per heavy atom. The Hall–Kier alpha value is -3.85. The number of ether oxygens (including phenoxy) is 2. The van der Waals surface area contributed by atoms with E-state index in [1.54, 1.807) is 17.0 Å². The molecule has 1 fully saturated rings. The van der Waals surface area contributed by atoms with Crippen molar-refractivity contribution in [1.29, 1.82) is 0 Å². The van der Waals surface area contributed by atoms with E-state index < -0.39 is 6.04 Å². The van der Waals surface area contributed by atoms with Gasteiger partial charge in [0.1, 0.15) is 6.04 Å². The van der Waals surface area contributed by atoms with Crippen molar-refractivity contribution >= 4 is 34.7 Å². The number of benzene rings is 2. The first-order chi connectivity index (χ1) is 16.6. The van der Waals surface area contributed by atoms with E-state index in [2.05, 4.69) is 10.6 Å². The smallest absolute Gasteiger partial charge is 0.261 e. The minimum atomic E-state index is -0.642. The predicted octanol–water partition coefficient (Wildman–Crippen LogP) is 3.50. The molecule has 6 rings (SSSR count). The molecule has 172 valence electrons. The number of carbonyl (C=O) groups is 3. The molecule has 3 amide bonds. The lowest BCUT2D eigenvalue weighted by molar-refractivity contribution is -0.121. The van der Waals surface area contributed by atoms with E-state index in [1.165, 1.54) is 11.3 Å². The molecule has 0 unspecified atom stereocenters. The lowest BCUT2D eigenvalue weighted by Crippen LogP contribution is -2.54. The zero-order chi connectivity index (χ0) is 23.2. The molecule has 2 aromatic carbocycles. The molecule has 0 aliphatic carbocycles. The Bertz CT molecular complexity index is 1310. The number of hydrogen-bond acceptors (Lipinski definition) is 6. The molecule has 2 N–H and O–H groups in total. The van der Waals surface area contributed by atoms with Gasteiger partial charge in [-0.05, 0) is 59.7 Å². The fraction of sp³-hybridized carbons (Fsp3) is 0.240. The molecule has 0 saturated carbocycles. The van der Waals surface area contributed by atoms with Crippen molar-refractivity contribution in [3.63, 3.8) is 0 Å². The second-order valence-electron chi connectivity index (χ2n) is 8.50. The van der Waals surface area contributed by atoms with E-state index >= 15 is 0 Å². The highest BCUT2D eigenvalue weighted by atomic mass is 32.1. The van der Waals surface area contributed by atoms with Crippen LogP contribution in [0.25, 0.3) is 11.1 Å². The summed E-state index contributed by atoms with van der Waals surface area (Å²) in [5.41, 5.74) is 2.68. The summed E-state index contributed by atoms with van der Waals surface area (Å²) in [5.74, 6) is 0.782. The third-order valence-corrected chi connectivity index (χ3v) is 7.33. The lowest BCUT2D eigenvalue weighted by Gasteiger charge is -2.37. The summed E-state index contributed by atoms with van der Waals surface area (Å²) in [4.78, 5) is 41.3. The summed E-state index contributed by atoms with van der Waals surface area (Å²) in [7, 11) is 0. The number of amides is 3. The first-order valence-electron chi connectivity index (χ1n) is 11.1. The summed E-state index contributed by atoms with van der Waals surface area (Å²) in [6, 6.07) is 13.9. The SMILES string of the molecule is O=C(N[C@@H]1CCN2C(=O)c3cc(-c4ccc5c(c4)OCO5)ccc3NC(=O)[C@@H]2C1)c1cccs1. The number of nitrogens with one attached hydrogen (secondary N) is 2. The van der Waals surface area contributed by atoms with Gasteiger partial charge in [-0.3, -0.25) is 14.4 Å². The predicted molar refractivity (Wildman–Crippen MR) is 126 cm³/mol. The highest BCUT2D eigenvalue weighted by Gasteiger charge is 2.40. The largest absolute Gasteiger partial charge is 0.454 e. The molecule has 2 atom stereocenters. The van der Waals surface area contributed by atoms with Gasteiger partial charge in [-0.1, -0.05) is 18.2 Å². The van der Waals surface area contributed by atoms with Crippen molar-refractivity contribution in [2.24, 2.45) is 0 Å². The number of rotatable bonds is 3. The van der Waals surface area contributed by atoms with Crippen LogP contribution in [-0.2, 0) is 4.79 Å². The van der Waals surface area contributed by atoms with Crippen molar-refractivity contribution < 1.29 is 23.9 Å². The third kappa shape index (κ3) is 3.58. The van der Waals surface area contributed by atoms with Crippen molar-refractivity contribution in [2.45, 2.75) is 24.9 Å². The maximum Gasteiger partial charge on any atom is 0.261 e. The van der Waals surface area contributed by atoms with Gasteiger partial charge in [-0.15, -0.1) is 11.3 Å². The summed E-state index contributed by atoms with van der Waals surface area (Å²) in [6.07, 6.45) is 0.960. The van der Waals surface area contributed by atoms with E-state index in [-0.39, 0.29) is 30.6 Å². The molecule has 9 heteroatoms. The fourth-order valence-electron chi connectivity index (χ4n) is 4.71. The van der Waals surface area contributed by atoms with Crippen LogP contribution < -0.4 is 20.1 Å². The number of thiophene rings is 1. The van der Waals surface area contributed by atoms with E-state index in [1.807, 2.05) is 41.8 Å². The van der Waals surface area contributed by atoms with E-state index in [9.17, 15) is 14.4 Å². The molecule has 1 saturated heterocycles. The number of nitrogens with zero attached hydrogens (tertiary/aromatic N) is 1. The van der Waals surface area contributed by atoms with Crippen LogP contribution in [0, 0.1) is 0 Å². The Labute approximate surface area is 199 Å². The second-order valence-corrected chi connectivity index (χ2v) is 9.45.